The van der Waals surface area contributed by atoms with Crippen molar-refractivity contribution in [3.8, 4) is 17.2 Å². The number of hydrogen-bond donors (Lipinski definition) is 1. The van der Waals surface area contributed by atoms with Gasteiger partial charge in [-0.05, 0) is 36.4 Å². The molecule has 0 aliphatic heterocycles. The zero-order chi connectivity index (χ0) is 15.4. The Morgan fingerprint density at radius 2 is 1.86 bits per heavy atom. The minimum absolute atomic E-state index is 0.414. The Hall–Kier alpha value is -2.53. The van der Waals surface area contributed by atoms with Crippen LogP contribution in [0.3, 0.4) is 0 Å². The van der Waals surface area contributed by atoms with Crippen molar-refractivity contribution in [2.24, 2.45) is 0 Å². The molecule has 0 saturated heterocycles. The minimum atomic E-state index is 0.414. The number of halogens is 1. The van der Waals surface area contributed by atoms with E-state index in [-0.39, 0.29) is 0 Å². The van der Waals surface area contributed by atoms with Crippen LogP contribution in [0.5, 0.6) is 5.75 Å². The lowest BCUT2D eigenvalue weighted by Crippen LogP contribution is -1.99. The van der Waals surface area contributed by atoms with E-state index in [0.29, 0.717) is 23.3 Å². The van der Waals surface area contributed by atoms with Gasteiger partial charge in [-0.25, -0.2) is 0 Å². The largest absolute Gasteiger partial charge is 0.497 e. The Labute approximate surface area is 132 Å². The summed E-state index contributed by atoms with van der Waals surface area (Å²) < 4.78 is 10.7. The maximum Gasteiger partial charge on any atom is 0.249 e. The van der Waals surface area contributed by atoms with Crippen LogP contribution in [-0.2, 0) is 6.54 Å². The van der Waals surface area contributed by atoms with Crippen LogP contribution in [0.2, 0.25) is 5.02 Å². The Morgan fingerprint density at radius 3 is 2.59 bits per heavy atom. The van der Waals surface area contributed by atoms with Crippen molar-refractivity contribution in [1.82, 2.24) is 10.2 Å². The Balaban J connectivity index is 1.68. The smallest absolute Gasteiger partial charge is 0.249 e. The molecule has 3 aromatic rings. The summed E-state index contributed by atoms with van der Waals surface area (Å²) in [6.07, 6.45) is 0. The van der Waals surface area contributed by atoms with Gasteiger partial charge in [0.05, 0.1) is 24.2 Å². The molecule has 0 aliphatic rings. The predicted molar refractivity (Wildman–Crippen MR) is 85.1 cm³/mol. The highest BCUT2D eigenvalue weighted by Gasteiger charge is 2.11. The average Bonchev–Trinajstić information content (AvgIpc) is 3.02. The molecule has 0 saturated carbocycles. The Morgan fingerprint density at radius 1 is 1.09 bits per heavy atom. The maximum atomic E-state index is 6.11. The maximum absolute atomic E-state index is 6.11. The van der Waals surface area contributed by atoms with Gasteiger partial charge in [0.2, 0.25) is 11.8 Å². The molecule has 0 spiro atoms. The van der Waals surface area contributed by atoms with Crippen LogP contribution in [-0.4, -0.2) is 17.3 Å². The number of rotatable bonds is 5. The first-order valence-electron chi connectivity index (χ1n) is 6.71. The summed E-state index contributed by atoms with van der Waals surface area (Å²) in [4.78, 5) is 0. The standard InChI is InChI=1S/C16H14ClN3O2/c1-21-12-8-6-11(7-9-12)18-10-15-19-20-16(22-15)13-4-2-3-5-14(13)17/h2-9,18H,10H2,1H3. The van der Waals surface area contributed by atoms with E-state index in [2.05, 4.69) is 15.5 Å². The van der Waals surface area contributed by atoms with Crippen LogP contribution >= 0.6 is 11.6 Å². The second kappa shape index (κ2) is 6.49. The molecule has 1 N–H and O–H groups in total. The summed E-state index contributed by atoms with van der Waals surface area (Å²) in [7, 11) is 1.64. The molecular weight excluding hydrogens is 302 g/mol. The zero-order valence-electron chi connectivity index (χ0n) is 11.9. The summed E-state index contributed by atoms with van der Waals surface area (Å²) >= 11 is 6.11. The van der Waals surface area contributed by atoms with Crippen molar-refractivity contribution < 1.29 is 9.15 Å². The van der Waals surface area contributed by atoms with Gasteiger partial charge in [-0.15, -0.1) is 10.2 Å². The van der Waals surface area contributed by atoms with Crippen LogP contribution < -0.4 is 10.1 Å². The van der Waals surface area contributed by atoms with E-state index in [1.54, 1.807) is 13.2 Å². The van der Waals surface area contributed by atoms with Gasteiger partial charge in [-0.3, -0.25) is 0 Å². The van der Waals surface area contributed by atoms with E-state index in [4.69, 9.17) is 20.8 Å². The van der Waals surface area contributed by atoms with Crippen molar-refractivity contribution in [3.05, 3.63) is 59.4 Å². The van der Waals surface area contributed by atoms with Crippen LogP contribution in [0.4, 0.5) is 5.69 Å². The quantitative estimate of drug-likeness (QED) is 0.770. The van der Waals surface area contributed by atoms with E-state index < -0.39 is 0 Å². The second-order valence-electron chi connectivity index (χ2n) is 4.56. The predicted octanol–water partition coefficient (Wildman–Crippen LogP) is 4.01. The van der Waals surface area contributed by atoms with Gasteiger partial charge < -0.3 is 14.5 Å². The highest BCUT2D eigenvalue weighted by molar-refractivity contribution is 6.33. The van der Waals surface area contributed by atoms with E-state index >= 15 is 0 Å². The molecule has 0 amide bonds. The molecule has 0 atom stereocenters. The van der Waals surface area contributed by atoms with Gasteiger partial charge >= 0.3 is 0 Å². The number of nitrogens with zero attached hydrogens (tertiary/aromatic N) is 2. The first kappa shape index (κ1) is 14.4. The van der Waals surface area contributed by atoms with Crippen molar-refractivity contribution in [3.63, 3.8) is 0 Å². The molecule has 6 heteroatoms. The number of anilines is 1. The molecule has 112 valence electrons. The van der Waals surface area contributed by atoms with E-state index in [1.165, 1.54) is 0 Å². The molecule has 1 heterocycles. The summed E-state index contributed by atoms with van der Waals surface area (Å²) in [5.74, 6) is 1.72. The molecular formula is C16H14ClN3O2. The van der Waals surface area contributed by atoms with Gasteiger partial charge in [0.1, 0.15) is 5.75 Å². The topological polar surface area (TPSA) is 60.2 Å². The van der Waals surface area contributed by atoms with Crippen molar-refractivity contribution >= 4 is 17.3 Å². The number of benzene rings is 2. The zero-order valence-corrected chi connectivity index (χ0v) is 12.7. The second-order valence-corrected chi connectivity index (χ2v) is 4.97. The molecule has 0 unspecified atom stereocenters. The first-order chi connectivity index (χ1) is 10.8. The number of hydrogen-bond acceptors (Lipinski definition) is 5. The summed E-state index contributed by atoms with van der Waals surface area (Å²) in [6.45, 7) is 0.434. The fourth-order valence-electron chi connectivity index (χ4n) is 1.96. The highest BCUT2D eigenvalue weighted by Crippen LogP contribution is 2.26. The van der Waals surface area contributed by atoms with Gasteiger partial charge in [-0.2, -0.15) is 0 Å². The van der Waals surface area contributed by atoms with Gasteiger partial charge in [0.25, 0.3) is 0 Å². The fraction of sp³-hybridized carbons (Fsp3) is 0.125. The minimum Gasteiger partial charge on any atom is -0.497 e. The van der Waals surface area contributed by atoms with Crippen molar-refractivity contribution in [2.75, 3.05) is 12.4 Å². The number of aromatic nitrogens is 2. The molecule has 2 aromatic carbocycles. The molecule has 3 rings (SSSR count). The van der Waals surface area contributed by atoms with E-state index in [1.807, 2.05) is 42.5 Å². The molecule has 5 nitrogen and oxygen atoms in total. The molecule has 0 aliphatic carbocycles. The molecule has 0 bridgehead atoms. The molecule has 22 heavy (non-hydrogen) atoms. The van der Waals surface area contributed by atoms with Crippen molar-refractivity contribution in [2.45, 2.75) is 6.54 Å². The lowest BCUT2D eigenvalue weighted by atomic mass is 10.2. The summed E-state index contributed by atoms with van der Waals surface area (Å²) in [5.41, 5.74) is 1.67. The van der Waals surface area contributed by atoms with E-state index in [9.17, 15) is 0 Å². The summed E-state index contributed by atoms with van der Waals surface area (Å²) in [5, 5.41) is 11.8. The normalized spacial score (nSPS) is 10.5. The van der Waals surface area contributed by atoms with Crippen LogP contribution in [0, 0.1) is 0 Å². The van der Waals surface area contributed by atoms with Crippen LogP contribution in [0.25, 0.3) is 11.5 Å². The number of methoxy groups -OCH3 is 1. The highest BCUT2D eigenvalue weighted by atomic mass is 35.5. The molecule has 0 fully saturated rings. The average molecular weight is 316 g/mol. The lowest BCUT2D eigenvalue weighted by Gasteiger charge is -2.04. The van der Waals surface area contributed by atoms with Gasteiger partial charge in [0.15, 0.2) is 0 Å². The summed E-state index contributed by atoms with van der Waals surface area (Å²) in [6, 6.07) is 15.0. The fourth-order valence-corrected chi connectivity index (χ4v) is 2.17. The van der Waals surface area contributed by atoms with Gasteiger partial charge in [-0.1, -0.05) is 23.7 Å². The Bertz CT molecular complexity index is 756. The Kier molecular flexibility index (Phi) is 4.25. The van der Waals surface area contributed by atoms with E-state index in [0.717, 1.165) is 17.0 Å². The third kappa shape index (κ3) is 3.20. The third-order valence-corrected chi connectivity index (χ3v) is 3.43. The van der Waals surface area contributed by atoms with Crippen LogP contribution in [0.1, 0.15) is 5.89 Å². The monoisotopic (exact) mass is 315 g/mol. The first-order valence-corrected chi connectivity index (χ1v) is 7.09. The lowest BCUT2D eigenvalue weighted by molar-refractivity contribution is 0.415. The number of ether oxygens (including phenoxy) is 1. The third-order valence-electron chi connectivity index (χ3n) is 3.10. The number of nitrogens with one attached hydrogen (secondary N) is 1. The molecule has 0 radical (unpaired) electrons. The SMILES string of the molecule is COc1ccc(NCc2nnc(-c3ccccc3Cl)o2)cc1. The van der Waals surface area contributed by atoms with Gasteiger partial charge in [0, 0.05) is 5.69 Å². The van der Waals surface area contributed by atoms with Crippen LogP contribution in [0.15, 0.2) is 52.9 Å². The van der Waals surface area contributed by atoms with Crippen molar-refractivity contribution in [1.29, 1.82) is 0 Å². The molecule has 1 aromatic heterocycles.